The van der Waals surface area contributed by atoms with Gasteiger partial charge in [-0.1, -0.05) is 37.9 Å². The number of aromatic nitrogens is 4. The second-order valence-electron chi connectivity index (χ2n) is 6.89. The molecule has 9 heteroatoms. The van der Waals surface area contributed by atoms with Gasteiger partial charge in [0.2, 0.25) is 5.91 Å². The Morgan fingerprint density at radius 1 is 1.15 bits per heavy atom. The van der Waals surface area contributed by atoms with Crippen molar-refractivity contribution in [1.82, 2.24) is 24.4 Å². The second-order valence-corrected chi connectivity index (χ2v) is 7.86. The summed E-state index contributed by atoms with van der Waals surface area (Å²) in [5.41, 5.74) is -0.560. The van der Waals surface area contributed by atoms with Crippen molar-refractivity contribution in [3.8, 4) is 0 Å². The maximum absolute atomic E-state index is 12.6. The van der Waals surface area contributed by atoms with Gasteiger partial charge in [-0.25, -0.2) is 14.8 Å². The molecule has 0 unspecified atom stereocenters. The van der Waals surface area contributed by atoms with Crippen LogP contribution >= 0.6 is 11.8 Å². The van der Waals surface area contributed by atoms with Crippen LogP contribution < -0.4 is 16.6 Å². The molecule has 1 saturated carbocycles. The largest absolute Gasteiger partial charge is 0.353 e. The molecule has 0 bridgehead atoms. The van der Waals surface area contributed by atoms with E-state index in [1.165, 1.54) is 29.8 Å². The molecule has 146 valence electrons. The van der Waals surface area contributed by atoms with Crippen LogP contribution in [0, 0.1) is 0 Å². The lowest BCUT2D eigenvalue weighted by Gasteiger charge is -2.22. The smallest absolute Gasteiger partial charge is 0.332 e. The van der Waals surface area contributed by atoms with Crippen LogP contribution in [0.5, 0.6) is 0 Å². The summed E-state index contributed by atoms with van der Waals surface area (Å²) >= 11 is 1.22. The zero-order chi connectivity index (χ0) is 19.6. The third-order valence-electron chi connectivity index (χ3n) is 4.94. The quantitative estimate of drug-likeness (QED) is 0.606. The van der Waals surface area contributed by atoms with E-state index in [2.05, 4.69) is 15.3 Å². The Labute approximate surface area is 161 Å². The van der Waals surface area contributed by atoms with Gasteiger partial charge in [0, 0.05) is 26.6 Å². The monoisotopic (exact) mass is 391 g/mol. The highest BCUT2D eigenvalue weighted by Gasteiger charge is 2.19. The minimum Gasteiger partial charge on any atom is -0.353 e. The number of amides is 1. The van der Waals surface area contributed by atoms with Crippen LogP contribution in [0.25, 0.3) is 11.0 Å². The van der Waals surface area contributed by atoms with Crippen molar-refractivity contribution in [1.29, 1.82) is 0 Å². The number of thioether (sulfide) groups is 1. The molecule has 0 radical (unpaired) electrons. The van der Waals surface area contributed by atoms with Gasteiger partial charge in [0.25, 0.3) is 5.56 Å². The molecule has 2 aromatic heterocycles. The Hall–Kier alpha value is -2.16. The summed E-state index contributed by atoms with van der Waals surface area (Å²) in [6.07, 6.45) is 6.15. The van der Waals surface area contributed by atoms with Gasteiger partial charge >= 0.3 is 5.69 Å². The highest BCUT2D eigenvalue weighted by Crippen LogP contribution is 2.23. The first-order valence-corrected chi connectivity index (χ1v) is 10.3. The lowest BCUT2D eigenvalue weighted by atomic mass is 9.95. The number of hydrogen-bond acceptors (Lipinski definition) is 6. The van der Waals surface area contributed by atoms with Crippen molar-refractivity contribution in [2.75, 3.05) is 5.75 Å². The van der Waals surface area contributed by atoms with E-state index >= 15 is 0 Å². The molecule has 1 aliphatic rings. The predicted octanol–water partition coefficient (Wildman–Crippen LogP) is 1.13. The zero-order valence-corrected chi connectivity index (χ0v) is 16.8. The van der Waals surface area contributed by atoms with E-state index in [9.17, 15) is 14.4 Å². The number of aryl methyl sites for hydroxylation is 2. The van der Waals surface area contributed by atoms with Crippen molar-refractivity contribution >= 4 is 28.7 Å². The zero-order valence-electron chi connectivity index (χ0n) is 15.9. The molecular weight excluding hydrogens is 366 g/mol. The van der Waals surface area contributed by atoms with Crippen molar-refractivity contribution in [2.24, 2.45) is 14.1 Å². The van der Waals surface area contributed by atoms with Gasteiger partial charge in [-0.3, -0.25) is 18.7 Å². The van der Waals surface area contributed by atoms with Crippen molar-refractivity contribution in [2.45, 2.75) is 56.5 Å². The van der Waals surface area contributed by atoms with Crippen LogP contribution in [0.4, 0.5) is 0 Å². The molecule has 27 heavy (non-hydrogen) atoms. The first-order valence-electron chi connectivity index (χ1n) is 9.31. The topological polar surface area (TPSA) is 98.9 Å². The minimum absolute atomic E-state index is 0.0571. The number of rotatable bonds is 5. The van der Waals surface area contributed by atoms with Crippen LogP contribution in [-0.2, 0) is 25.3 Å². The van der Waals surface area contributed by atoms with Crippen molar-refractivity contribution < 1.29 is 4.79 Å². The molecular formula is C18H25N5O3S. The predicted molar refractivity (Wildman–Crippen MR) is 105 cm³/mol. The maximum atomic E-state index is 12.6. The molecule has 0 spiro atoms. The Balaban J connectivity index is 1.90. The van der Waals surface area contributed by atoms with Gasteiger partial charge in [0.05, 0.1) is 5.75 Å². The van der Waals surface area contributed by atoms with Crippen LogP contribution in [0.3, 0.4) is 0 Å². The SMILES string of the molecule is CCc1nc(SCC(=O)NC2CCCCC2)c2c(=O)n(C)c(=O)n(C)c2n1. The summed E-state index contributed by atoms with van der Waals surface area (Å²) in [6.45, 7) is 1.91. The fourth-order valence-electron chi connectivity index (χ4n) is 3.38. The van der Waals surface area contributed by atoms with Gasteiger partial charge in [0.1, 0.15) is 16.2 Å². The van der Waals surface area contributed by atoms with Crippen molar-refractivity contribution in [3.05, 3.63) is 26.7 Å². The molecule has 1 fully saturated rings. The highest BCUT2D eigenvalue weighted by molar-refractivity contribution is 8.00. The second kappa shape index (κ2) is 8.24. The number of nitrogens with one attached hydrogen (secondary N) is 1. The van der Waals surface area contributed by atoms with E-state index in [-0.39, 0.29) is 23.1 Å². The Morgan fingerprint density at radius 3 is 2.52 bits per heavy atom. The fourth-order valence-corrected chi connectivity index (χ4v) is 4.23. The van der Waals surface area contributed by atoms with E-state index in [4.69, 9.17) is 0 Å². The third-order valence-corrected chi connectivity index (χ3v) is 5.91. The third kappa shape index (κ3) is 4.07. The lowest BCUT2D eigenvalue weighted by Crippen LogP contribution is -2.38. The average Bonchev–Trinajstić information content (AvgIpc) is 2.69. The van der Waals surface area contributed by atoms with Gasteiger partial charge in [-0.05, 0) is 12.8 Å². The number of hydrogen-bond donors (Lipinski definition) is 1. The van der Waals surface area contributed by atoms with Crippen LogP contribution in [0.2, 0.25) is 0 Å². The normalized spacial score (nSPS) is 15.2. The summed E-state index contributed by atoms with van der Waals surface area (Å²) < 4.78 is 2.40. The molecule has 1 aliphatic carbocycles. The first-order chi connectivity index (χ1) is 12.9. The van der Waals surface area contributed by atoms with E-state index in [1.54, 1.807) is 7.05 Å². The molecule has 0 saturated heterocycles. The number of nitrogens with zero attached hydrogens (tertiary/aromatic N) is 4. The van der Waals surface area contributed by atoms with Gasteiger partial charge < -0.3 is 5.32 Å². The molecule has 1 amide bonds. The summed E-state index contributed by atoms with van der Waals surface area (Å²) in [5.74, 6) is 0.664. The van der Waals surface area contributed by atoms with Crippen LogP contribution in [0.15, 0.2) is 14.6 Å². The molecule has 0 aromatic carbocycles. The molecule has 0 atom stereocenters. The summed E-state index contributed by atoms with van der Waals surface area (Å²) in [6, 6.07) is 0.244. The number of carbonyl (C=O) groups excluding carboxylic acids is 1. The van der Waals surface area contributed by atoms with E-state index < -0.39 is 11.2 Å². The van der Waals surface area contributed by atoms with Gasteiger partial charge in [-0.15, -0.1) is 0 Å². The molecule has 8 nitrogen and oxygen atoms in total. The summed E-state index contributed by atoms with van der Waals surface area (Å²) in [5, 5.41) is 3.81. The summed E-state index contributed by atoms with van der Waals surface area (Å²) in [7, 11) is 3.02. The van der Waals surface area contributed by atoms with Gasteiger partial charge in [0.15, 0.2) is 5.65 Å². The molecule has 1 N–H and O–H groups in total. The van der Waals surface area contributed by atoms with Crippen LogP contribution in [0.1, 0.15) is 44.9 Å². The molecule has 2 aromatic rings. The lowest BCUT2D eigenvalue weighted by molar-refractivity contribution is -0.119. The summed E-state index contributed by atoms with van der Waals surface area (Å²) in [4.78, 5) is 46.0. The molecule has 2 heterocycles. The van der Waals surface area contributed by atoms with E-state index in [0.29, 0.717) is 22.9 Å². The minimum atomic E-state index is -0.439. The Morgan fingerprint density at radius 2 is 1.85 bits per heavy atom. The number of fused-ring (bicyclic) bond motifs is 1. The van der Waals surface area contributed by atoms with Crippen molar-refractivity contribution in [3.63, 3.8) is 0 Å². The molecule has 3 rings (SSSR count). The highest BCUT2D eigenvalue weighted by atomic mass is 32.2. The fraction of sp³-hybridized carbons (Fsp3) is 0.611. The first kappa shape index (κ1) is 19.6. The average molecular weight is 391 g/mol. The number of carbonyl (C=O) groups is 1. The Kier molecular flexibility index (Phi) is 5.98. The van der Waals surface area contributed by atoms with E-state index in [1.807, 2.05) is 6.92 Å². The van der Waals surface area contributed by atoms with E-state index in [0.717, 1.165) is 30.3 Å². The van der Waals surface area contributed by atoms with Gasteiger partial charge in [-0.2, -0.15) is 0 Å². The van der Waals surface area contributed by atoms with Crippen LogP contribution in [-0.4, -0.2) is 36.8 Å². The maximum Gasteiger partial charge on any atom is 0.332 e. The Bertz CT molecular complexity index is 976. The standard InChI is InChI=1S/C18H25N5O3S/c1-4-12-20-15-14(17(25)23(3)18(26)22(15)2)16(21-12)27-10-13(24)19-11-8-6-5-7-9-11/h11H,4-10H2,1-3H3,(H,19,24). The molecule has 0 aliphatic heterocycles.